The van der Waals surface area contributed by atoms with Gasteiger partial charge < -0.3 is 5.73 Å². The van der Waals surface area contributed by atoms with Crippen molar-refractivity contribution in [3.63, 3.8) is 0 Å². The fourth-order valence-electron chi connectivity index (χ4n) is 1.62. The molecule has 0 radical (unpaired) electrons. The molecule has 0 aliphatic carbocycles. The highest BCUT2D eigenvalue weighted by molar-refractivity contribution is 7.88. The van der Waals surface area contributed by atoms with Crippen LogP contribution in [0.1, 0.15) is 32.3 Å². The number of benzene rings is 1. The quantitative estimate of drug-likeness (QED) is 0.807. The molecule has 0 bridgehead atoms. The number of hydrogen-bond donors (Lipinski definition) is 2. The summed E-state index contributed by atoms with van der Waals surface area (Å²) < 4.78 is 39.7. The van der Waals surface area contributed by atoms with Gasteiger partial charge in [-0.3, -0.25) is 0 Å². The number of halogens is 2. The first-order valence-corrected chi connectivity index (χ1v) is 7.97. The van der Waals surface area contributed by atoms with Gasteiger partial charge >= 0.3 is 0 Å². The Morgan fingerprint density at radius 3 is 2.30 bits per heavy atom. The number of nitrogens with two attached hydrogens (primary N) is 1. The minimum Gasteiger partial charge on any atom is -0.324 e. The van der Waals surface area contributed by atoms with E-state index in [2.05, 4.69) is 4.72 Å². The van der Waals surface area contributed by atoms with Crippen molar-refractivity contribution in [2.24, 2.45) is 5.73 Å². The summed E-state index contributed by atoms with van der Waals surface area (Å²) in [5, 5.41) is 0. The Balaban J connectivity index is 0.00000361. The molecule has 0 amide bonds. The lowest BCUT2D eigenvalue weighted by Crippen LogP contribution is -2.49. The van der Waals surface area contributed by atoms with Crippen molar-refractivity contribution in [3.05, 3.63) is 35.6 Å². The van der Waals surface area contributed by atoms with Crippen molar-refractivity contribution in [2.45, 2.75) is 38.0 Å². The minimum atomic E-state index is -3.58. The van der Waals surface area contributed by atoms with Crippen molar-refractivity contribution in [2.75, 3.05) is 6.54 Å². The number of rotatable bonds is 7. The standard InChI is InChI=1S/C13H21FN2O2S.ClH/c1-3-13(15,4-2)10-16-19(17,18)9-11-7-5-6-8-12(11)14;/h5-8,16H,3-4,9-10,15H2,1-2H3;1H. The van der Waals surface area contributed by atoms with Crippen LogP contribution in [0.4, 0.5) is 4.39 Å². The van der Waals surface area contributed by atoms with Gasteiger partial charge in [-0.05, 0) is 18.9 Å². The lowest BCUT2D eigenvalue weighted by Gasteiger charge is -2.26. The molecule has 7 heteroatoms. The highest BCUT2D eigenvalue weighted by Crippen LogP contribution is 2.13. The molecule has 0 spiro atoms. The summed E-state index contributed by atoms with van der Waals surface area (Å²) in [6, 6.07) is 5.84. The molecule has 1 aromatic carbocycles. The molecule has 4 nitrogen and oxygen atoms in total. The predicted molar refractivity (Wildman–Crippen MR) is 81.8 cm³/mol. The molecular formula is C13H22ClFN2O2S. The first-order chi connectivity index (χ1) is 8.82. The summed E-state index contributed by atoms with van der Waals surface area (Å²) in [6.07, 6.45) is 1.34. The molecule has 0 fully saturated rings. The van der Waals surface area contributed by atoms with Gasteiger partial charge in [-0.1, -0.05) is 32.0 Å². The highest BCUT2D eigenvalue weighted by Gasteiger charge is 2.23. The summed E-state index contributed by atoms with van der Waals surface area (Å²) in [7, 11) is -3.58. The Bertz CT molecular complexity index is 519. The summed E-state index contributed by atoms with van der Waals surface area (Å²) in [5.74, 6) is -0.888. The van der Waals surface area contributed by atoms with Crippen LogP contribution in [-0.4, -0.2) is 20.5 Å². The lowest BCUT2D eigenvalue weighted by atomic mass is 9.95. The van der Waals surface area contributed by atoms with Crippen LogP contribution in [0.2, 0.25) is 0 Å². The second-order valence-electron chi connectivity index (χ2n) is 4.74. The van der Waals surface area contributed by atoms with Crippen molar-refractivity contribution < 1.29 is 12.8 Å². The Morgan fingerprint density at radius 2 is 1.80 bits per heavy atom. The average molecular weight is 325 g/mol. The zero-order valence-electron chi connectivity index (χ0n) is 11.7. The van der Waals surface area contributed by atoms with Crippen LogP contribution >= 0.6 is 12.4 Å². The highest BCUT2D eigenvalue weighted by atomic mass is 35.5. The molecule has 0 saturated heterocycles. The van der Waals surface area contributed by atoms with Crippen molar-refractivity contribution in [3.8, 4) is 0 Å². The summed E-state index contributed by atoms with van der Waals surface area (Å²) in [5.41, 5.74) is 5.63. The molecule has 3 N–H and O–H groups in total. The number of nitrogens with one attached hydrogen (secondary N) is 1. The third kappa shape index (κ3) is 5.75. The average Bonchev–Trinajstić information content (AvgIpc) is 2.39. The minimum absolute atomic E-state index is 0. The molecule has 116 valence electrons. The molecular weight excluding hydrogens is 303 g/mol. The molecule has 20 heavy (non-hydrogen) atoms. The molecule has 1 aromatic rings. The van der Waals surface area contributed by atoms with Crippen LogP contribution in [0.25, 0.3) is 0 Å². The first-order valence-electron chi connectivity index (χ1n) is 6.31. The zero-order valence-corrected chi connectivity index (χ0v) is 13.4. The third-order valence-electron chi connectivity index (χ3n) is 3.36. The second kappa shape index (κ2) is 7.93. The van der Waals surface area contributed by atoms with Crippen LogP contribution in [0.5, 0.6) is 0 Å². The van der Waals surface area contributed by atoms with E-state index in [0.717, 1.165) is 0 Å². The van der Waals surface area contributed by atoms with E-state index >= 15 is 0 Å². The predicted octanol–water partition coefficient (Wildman–Crippen LogP) is 2.18. The SMILES string of the molecule is CCC(N)(CC)CNS(=O)(=O)Cc1ccccc1F.Cl. The van der Waals surface area contributed by atoms with E-state index in [9.17, 15) is 12.8 Å². The fraction of sp³-hybridized carbons (Fsp3) is 0.538. The molecule has 0 aliphatic heterocycles. The van der Waals surface area contributed by atoms with Crippen LogP contribution in [0.3, 0.4) is 0 Å². The van der Waals surface area contributed by atoms with E-state index in [0.29, 0.717) is 12.8 Å². The van der Waals surface area contributed by atoms with E-state index in [-0.39, 0.29) is 30.3 Å². The van der Waals surface area contributed by atoms with Gasteiger partial charge in [0.15, 0.2) is 0 Å². The Kier molecular flexibility index (Phi) is 7.65. The Labute approximate surface area is 126 Å². The van der Waals surface area contributed by atoms with E-state index < -0.39 is 21.4 Å². The molecule has 0 unspecified atom stereocenters. The normalized spacial score (nSPS) is 12.0. The van der Waals surface area contributed by atoms with E-state index in [1.807, 2.05) is 13.8 Å². The van der Waals surface area contributed by atoms with Crippen LogP contribution in [-0.2, 0) is 15.8 Å². The fourth-order valence-corrected chi connectivity index (χ4v) is 2.88. The van der Waals surface area contributed by atoms with E-state index in [4.69, 9.17) is 5.73 Å². The monoisotopic (exact) mass is 324 g/mol. The number of hydrogen-bond acceptors (Lipinski definition) is 3. The molecule has 0 aliphatic rings. The zero-order chi connectivity index (χ0) is 14.5. The Morgan fingerprint density at radius 1 is 1.25 bits per heavy atom. The van der Waals surface area contributed by atoms with Gasteiger partial charge in [-0.25, -0.2) is 17.5 Å². The number of sulfonamides is 1. The smallest absolute Gasteiger partial charge is 0.215 e. The maximum Gasteiger partial charge on any atom is 0.215 e. The van der Waals surface area contributed by atoms with Crippen molar-refractivity contribution >= 4 is 22.4 Å². The van der Waals surface area contributed by atoms with Crippen LogP contribution in [0, 0.1) is 5.82 Å². The molecule has 0 heterocycles. The summed E-state index contributed by atoms with van der Waals surface area (Å²) in [4.78, 5) is 0. The molecule has 0 saturated carbocycles. The van der Waals surface area contributed by atoms with Gasteiger partial charge in [0.05, 0.1) is 5.75 Å². The van der Waals surface area contributed by atoms with Gasteiger partial charge in [0.1, 0.15) is 5.82 Å². The van der Waals surface area contributed by atoms with Gasteiger partial charge in [0.25, 0.3) is 0 Å². The second-order valence-corrected chi connectivity index (χ2v) is 6.55. The summed E-state index contributed by atoms with van der Waals surface area (Å²) in [6.45, 7) is 3.99. The van der Waals surface area contributed by atoms with E-state index in [1.165, 1.54) is 18.2 Å². The molecule has 1 rings (SSSR count). The lowest BCUT2D eigenvalue weighted by molar-refractivity contribution is 0.391. The van der Waals surface area contributed by atoms with Gasteiger partial charge in [-0.2, -0.15) is 0 Å². The van der Waals surface area contributed by atoms with Crippen LogP contribution in [0.15, 0.2) is 24.3 Å². The maximum absolute atomic E-state index is 13.4. The van der Waals surface area contributed by atoms with Crippen molar-refractivity contribution in [1.82, 2.24) is 4.72 Å². The third-order valence-corrected chi connectivity index (χ3v) is 4.63. The molecule has 0 aromatic heterocycles. The summed E-state index contributed by atoms with van der Waals surface area (Å²) >= 11 is 0. The van der Waals surface area contributed by atoms with Gasteiger partial charge in [0.2, 0.25) is 10.0 Å². The largest absolute Gasteiger partial charge is 0.324 e. The van der Waals surface area contributed by atoms with Crippen molar-refractivity contribution in [1.29, 1.82) is 0 Å². The van der Waals surface area contributed by atoms with Crippen LogP contribution < -0.4 is 10.5 Å². The van der Waals surface area contributed by atoms with Gasteiger partial charge in [0, 0.05) is 17.6 Å². The maximum atomic E-state index is 13.4. The van der Waals surface area contributed by atoms with E-state index in [1.54, 1.807) is 6.07 Å². The Hall–Kier alpha value is -0.690. The molecule has 0 atom stereocenters. The van der Waals surface area contributed by atoms with Gasteiger partial charge in [-0.15, -0.1) is 12.4 Å². The topological polar surface area (TPSA) is 72.2 Å². The first kappa shape index (κ1) is 19.3.